The highest BCUT2D eigenvalue weighted by atomic mass is 35.5. The molecule has 1 N–H and O–H groups in total. The van der Waals surface area contributed by atoms with Crippen molar-refractivity contribution in [2.45, 2.75) is 65.7 Å². The van der Waals surface area contributed by atoms with Gasteiger partial charge in [0.15, 0.2) is 0 Å². The van der Waals surface area contributed by atoms with Gasteiger partial charge < -0.3 is 19.4 Å². The highest BCUT2D eigenvalue weighted by molar-refractivity contribution is 6.31. The number of nitrogens with one attached hydrogen (secondary N) is 1. The maximum Gasteiger partial charge on any atom is 0.122 e. The molecule has 198 valence electrons. The Kier molecular flexibility index (Phi) is 11.9. The Labute approximate surface area is 222 Å². The van der Waals surface area contributed by atoms with Crippen molar-refractivity contribution in [2.24, 2.45) is 7.05 Å². The molecule has 0 atom stereocenters. The average molecular weight is 514 g/mol. The lowest BCUT2D eigenvalue weighted by atomic mass is 10.1. The zero-order chi connectivity index (χ0) is 25.8. The summed E-state index contributed by atoms with van der Waals surface area (Å²) in [4.78, 5) is 19.4. The van der Waals surface area contributed by atoms with Crippen molar-refractivity contribution in [2.75, 3.05) is 33.2 Å². The number of hydrogen-bond acceptors (Lipinski definition) is 5. The molecule has 0 radical (unpaired) electrons. The second-order valence-corrected chi connectivity index (χ2v) is 10.3. The zero-order valence-electron chi connectivity index (χ0n) is 22.6. The molecule has 1 aromatic carbocycles. The normalized spacial score (nSPS) is 11.9. The van der Waals surface area contributed by atoms with Gasteiger partial charge >= 0.3 is 0 Å². The molecule has 0 saturated carbocycles. The Morgan fingerprint density at radius 3 is 2.31 bits per heavy atom. The van der Waals surface area contributed by atoms with Gasteiger partial charge in [0.05, 0.1) is 13.1 Å². The smallest absolute Gasteiger partial charge is 0.122 e. The lowest BCUT2D eigenvalue weighted by Crippen LogP contribution is -2.27. The van der Waals surface area contributed by atoms with Gasteiger partial charge in [0.25, 0.3) is 0 Å². The molecule has 0 bridgehead atoms. The van der Waals surface area contributed by atoms with E-state index < -0.39 is 0 Å². The van der Waals surface area contributed by atoms with Gasteiger partial charge in [-0.3, -0.25) is 4.90 Å². The molecule has 2 heterocycles. The quantitative estimate of drug-likeness (QED) is 0.247. The molecular formula is C28H44ClN7. The third-order valence-electron chi connectivity index (χ3n) is 6.52. The molecule has 7 nitrogen and oxygen atoms in total. The predicted octanol–water partition coefficient (Wildman–Crippen LogP) is 5.33. The molecule has 0 aliphatic carbocycles. The fourth-order valence-corrected chi connectivity index (χ4v) is 4.91. The first-order valence-electron chi connectivity index (χ1n) is 13.3. The van der Waals surface area contributed by atoms with E-state index in [1.54, 1.807) is 6.20 Å². The molecule has 0 spiro atoms. The van der Waals surface area contributed by atoms with Crippen molar-refractivity contribution in [1.82, 2.24) is 34.2 Å². The van der Waals surface area contributed by atoms with Crippen molar-refractivity contribution in [3.63, 3.8) is 0 Å². The second-order valence-electron chi connectivity index (χ2n) is 9.85. The number of H-pyrrole nitrogens is 1. The summed E-state index contributed by atoms with van der Waals surface area (Å²) < 4.78 is 2.06. The average Bonchev–Trinajstić information content (AvgIpc) is 3.50. The molecule has 3 aromatic rings. The highest BCUT2D eigenvalue weighted by Gasteiger charge is 2.14. The summed E-state index contributed by atoms with van der Waals surface area (Å²) in [5.41, 5.74) is 2.38. The largest absolute Gasteiger partial charge is 0.348 e. The van der Waals surface area contributed by atoms with Crippen LogP contribution in [-0.2, 0) is 33.2 Å². The summed E-state index contributed by atoms with van der Waals surface area (Å²) in [5.74, 6) is 1.97. The zero-order valence-corrected chi connectivity index (χ0v) is 23.3. The minimum atomic E-state index is 0.718. The molecule has 0 aliphatic rings. The monoisotopic (exact) mass is 513 g/mol. The van der Waals surface area contributed by atoms with E-state index in [4.69, 9.17) is 11.6 Å². The molecule has 3 rings (SSSR count). The third-order valence-corrected chi connectivity index (χ3v) is 6.87. The van der Waals surface area contributed by atoms with E-state index in [0.717, 1.165) is 49.4 Å². The number of halogens is 1. The molecule has 0 fully saturated rings. The molecule has 0 aliphatic heterocycles. The van der Waals surface area contributed by atoms with Crippen LogP contribution in [0.2, 0.25) is 5.02 Å². The van der Waals surface area contributed by atoms with Crippen molar-refractivity contribution in [3.8, 4) is 0 Å². The van der Waals surface area contributed by atoms with Crippen molar-refractivity contribution in [1.29, 1.82) is 0 Å². The minimum absolute atomic E-state index is 0.718. The number of aromatic nitrogens is 4. The molecule has 8 heteroatoms. The SMILES string of the molecule is CCCN(CCC)CCCCN(C)Cc1ccc(CN(Cc2ncc[nH]2)Cc2nccn2C)cc1Cl. The van der Waals surface area contributed by atoms with Crippen LogP contribution in [0.5, 0.6) is 0 Å². The van der Waals surface area contributed by atoms with Crippen LogP contribution in [-0.4, -0.2) is 67.4 Å². The van der Waals surface area contributed by atoms with Crippen LogP contribution in [0.1, 0.15) is 62.3 Å². The summed E-state index contributed by atoms with van der Waals surface area (Å²) in [6.07, 6.45) is 12.4. The van der Waals surface area contributed by atoms with Crippen LogP contribution < -0.4 is 0 Å². The molecule has 0 saturated heterocycles. The number of imidazole rings is 2. The Bertz CT molecular complexity index is 995. The Hall–Kier alpha value is -2.19. The molecule has 0 amide bonds. The summed E-state index contributed by atoms with van der Waals surface area (Å²) in [7, 11) is 4.22. The number of aryl methyl sites for hydroxylation is 1. The standard InChI is InChI=1S/C28H44ClN7/c1-5-14-35(15-6-2)17-8-7-16-33(3)21-25-10-9-24(19-26(25)29)20-36(22-27-30-11-12-31-27)23-28-32-13-18-34(28)4/h9-13,18-19H,5-8,14-17,20-23H2,1-4H3,(H,30,31). The first-order valence-corrected chi connectivity index (χ1v) is 13.7. The summed E-state index contributed by atoms with van der Waals surface area (Å²) in [5, 5.41) is 0.839. The number of benzene rings is 1. The molecule has 2 aromatic heterocycles. The van der Waals surface area contributed by atoms with E-state index in [-0.39, 0.29) is 0 Å². The minimum Gasteiger partial charge on any atom is -0.348 e. The van der Waals surface area contributed by atoms with E-state index in [1.807, 2.05) is 25.6 Å². The first kappa shape index (κ1) is 28.4. The Morgan fingerprint density at radius 2 is 1.67 bits per heavy atom. The number of unbranched alkanes of at least 4 members (excludes halogenated alkanes) is 1. The Balaban J connectivity index is 1.52. The van der Waals surface area contributed by atoms with Crippen molar-refractivity contribution < 1.29 is 0 Å². The van der Waals surface area contributed by atoms with Crippen LogP contribution in [0, 0.1) is 0 Å². The number of aromatic amines is 1. The van der Waals surface area contributed by atoms with Gasteiger partial charge in [-0.2, -0.15) is 0 Å². The number of rotatable bonds is 17. The van der Waals surface area contributed by atoms with Crippen molar-refractivity contribution in [3.05, 3.63) is 70.8 Å². The first-order chi connectivity index (χ1) is 17.5. The Morgan fingerprint density at radius 1 is 0.889 bits per heavy atom. The highest BCUT2D eigenvalue weighted by Crippen LogP contribution is 2.21. The summed E-state index contributed by atoms with van der Waals surface area (Å²) >= 11 is 6.75. The fraction of sp³-hybridized carbons (Fsp3) is 0.571. The number of nitrogens with zero attached hydrogens (tertiary/aromatic N) is 6. The fourth-order valence-electron chi connectivity index (χ4n) is 4.64. The maximum atomic E-state index is 6.75. The topological polar surface area (TPSA) is 56.2 Å². The van der Waals surface area contributed by atoms with E-state index in [0.29, 0.717) is 0 Å². The van der Waals surface area contributed by atoms with E-state index in [1.165, 1.54) is 56.4 Å². The van der Waals surface area contributed by atoms with Gasteiger partial charge in [0.2, 0.25) is 0 Å². The van der Waals surface area contributed by atoms with E-state index >= 15 is 0 Å². The summed E-state index contributed by atoms with van der Waals surface area (Å²) in [6, 6.07) is 6.51. The van der Waals surface area contributed by atoms with E-state index in [9.17, 15) is 0 Å². The lowest BCUT2D eigenvalue weighted by molar-refractivity contribution is 0.233. The van der Waals surface area contributed by atoms with Crippen molar-refractivity contribution >= 4 is 11.6 Å². The predicted molar refractivity (Wildman–Crippen MR) is 149 cm³/mol. The number of hydrogen-bond donors (Lipinski definition) is 1. The molecular weight excluding hydrogens is 470 g/mol. The van der Waals surface area contributed by atoms with Crippen LogP contribution in [0.25, 0.3) is 0 Å². The molecule has 0 unspecified atom stereocenters. The third kappa shape index (κ3) is 9.36. The van der Waals surface area contributed by atoms with Gasteiger partial charge in [-0.15, -0.1) is 0 Å². The van der Waals surface area contributed by atoms with Gasteiger partial charge in [-0.05, 0) is 76.1 Å². The molecule has 36 heavy (non-hydrogen) atoms. The van der Waals surface area contributed by atoms with Crippen LogP contribution in [0.3, 0.4) is 0 Å². The van der Waals surface area contributed by atoms with Gasteiger partial charge in [0, 0.05) is 49.9 Å². The van der Waals surface area contributed by atoms with Crippen LogP contribution >= 0.6 is 11.6 Å². The van der Waals surface area contributed by atoms with Gasteiger partial charge in [-0.1, -0.05) is 37.6 Å². The van der Waals surface area contributed by atoms with Crippen LogP contribution in [0.15, 0.2) is 43.0 Å². The van der Waals surface area contributed by atoms with Gasteiger partial charge in [0.1, 0.15) is 11.6 Å². The lowest BCUT2D eigenvalue weighted by Gasteiger charge is -2.23. The second kappa shape index (κ2) is 15.2. The van der Waals surface area contributed by atoms with Crippen LogP contribution in [0.4, 0.5) is 0 Å². The van der Waals surface area contributed by atoms with Gasteiger partial charge in [-0.25, -0.2) is 9.97 Å². The summed E-state index contributed by atoms with van der Waals surface area (Å²) in [6.45, 7) is 12.4. The maximum absolute atomic E-state index is 6.75. The van der Waals surface area contributed by atoms with E-state index in [2.05, 4.69) is 73.3 Å².